The maximum atomic E-state index is 14.1. The molecule has 1 aromatic carbocycles. The minimum atomic E-state index is -0.0926. The Kier molecular flexibility index (Phi) is 4.37. The number of rotatable bonds is 4. The van der Waals surface area contributed by atoms with E-state index in [-0.39, 0.29) is 5.82 Å². The van der Waals surface area contributed by atoms with E-state index in [1.165, 1.54) is 38.5 Å². The van der Waals surface area contributed by atoms with Crippen LogP contribution in [0.3, 0.4) is 0 Å². The summed E-state index contributed by atoms with van der Waals surface area (Å²) in [5.74, 6) is 0.758. The molecule has 1 atom stereocenters. The van der Waals surface area contributed by atoms with Crippen LogP contribution in [0.15, 0.2) is 18.2 Å². The van der Waals surface area contributed by atoms with Crippen LogP contribution < -0.4 is 5.73 Å². The smallest absolute Gasteiger partial charge is 0.128 e. The van der Waals surface area contributed by atoms with Crippen molar-refractivity contribution in [2.45, 2.75) is 57.7 Å². The van der Waals surface area contributed by atoms with Crippen LogP contribution in [0.25, 0.3) is 0 Å². The van der Waals surface area contributed by atoms with E-state index in [1.807, 2.05) is 12.1 Å². The molecule has 20 heavy (non-hydrogen) atoms. The van der Waals surface area contributed by atoms with Gasteiger partial charge in [-0.3, -0.25) is 4.90 Å². The molecule has 1 heterocycles. The van der Waals surface area contributed by atoms with Crippen molar-refractivity contribution < 1.29 is 4.39 Å². The van der Waals surface area contributed by atoms with Gasteiger partial charge in [0.05, 0.1) is 0 Å². The number of hydrogen-bond donors (Lipinski definition) is 1. The van der Waals surface area contributed by atoms with Crippen LogP contribution in [0.1, 0.15) is 49.7 Å². The summed E-state index contributed by atoms with van der Waals surface area (Å²) >= 11 is 0. The molecule has 1 aliphatic heterocycles. The monoisotopic (exact) mass is 276 g/mol. The van der Waals surface area contributed by atoms with E-state index in [9.17, 15) is 4.39 Å². The highest BCUT2D eigenvalue weighted by Gasteiger charge is 2.33. The van der Waals surface area contributed by atoms with Gasteiger partial charge < -0.3 is 5.73 Å². The first-order valence-electron chi connectivity index (χ1n) is 7.99. The van der Waals surface area contributed by atoms with Gasteiger partial charge in [0, 0.05) is 24.7 Å². The van der Waals surface area contributed by atoms with Crippen LogP contribution in [0, 0.1) is 11.7 Å². The summed E-state index contributed by atoms with van der Waals surface area (Å²) in [4.78, 5) is 2.51. The maximum Gasteiger partial charge on any atom is 0.128 e. The summed E-state index contributed by atoms with van der Waals surface area (Å²) in [6.45, 7) is 2.29. The highest BCUT2D eigenvalue weighted by molar-refractivity contribution is 5.24. The Morgan fingerprint density at radius 3 is 2.65 bits per heavy atom. The van der Waals surface area contributed by atoms with E-state index in [2.05, 4.69) is 4.90 Å². The minimum Gasteiger partial charge on any atom is -0.326 e. The first-order chi connectivity index (χ1) is 9.78. The zero-order chi connectivity index (χ0) is 13.9. The third kappa shape index (κ3) is 2.89. The molecule has 1 aromatic rings. The van der Waals surface area contributed by atoms with Crippen molar-refractivity contribution in [2.75, 3.05) is 6.54 Å². The first-order valence-corrected chi connectivity index (χ1v) is 7.99. The lowest BCUT2D eigenvalue weighted by molar-refractivity contribution is 0.181. The number of nitrogens with two attached hydrogens (primary N) is 1. The molecule has 1 saturated heterocycles. The molecule has 1 unspecified atom stereocenters. The third-order valence-electron chi connectivity index (χ3n) is 5.08. The average Bonchev–Trinajstić information content (AvgIpc) is 3.11. The molecule has 1 saturated carbocycles. The molecule has 0 radical (unpaired) electrons. The molecular formula is C17H25FN2. The van der Waals surface area contributed by atoms with Gasteiger partial charge in [-0.1, -0.05) is 25.0 Å². The van der Waals surface area contributed by atoms with E-state index in [0.717, 1.165) is 30.1 Å². The SMILES string of the molecule is NCc1ccc(CN2CCCC2C2CCCC2)c(F)c1. The van der Waals surface area contributed by atoms with Gasteiger partial charge in [0.2, 0.25) is 0 Å². The maximum absolute atomic E-state index is 14.1. The standard InChI is InChI=1S/C17H25FN2/c18-16-10-13(11-19)7-8-15(16)12-20-9-3-6-17(20)14-4-1-2-5-14/h7-8,10,14,17H,1-6,9,11-12,19H2. The second kappa shape index (κ2) is 6.23. The predicted molar refractivity (Wildman–Crippen MR) is 79.7 cm³/mol. The highest BCUT2D eigenvalue weighted by Crippen LogP contribution is 2.36. The minimum absolute atomic E-state index is 0.0926. The normalized spacial score (nSPS) is 24.6. The summed E-state index contributed by atoms with van der Waals surface area (Å²) in [6, 6.07) is 6.16. The molecule has 2 nitrogen and oxygen atoms in total. The van der Waals surface area contributed by atoms with Crippen molar-refractivity contribution >= 4 is 0 Å². The van der Waals surface area contributed by atoms with Crippen LogP contribution >= 0.6 is 0 Å². The Morgan fingerprint density at radius 2 is 1.95 bits per heavy atom. The quantitative estimate of drug-likeness (QED) is 0.912. The second-order valence-corrected chi connectivity index (χ2v) is 6.35. The molecule has 110 valence electrons. The van der Waals surface area contributed by atoms with Gasteiger partial charge >= 0.3 is 0 Å². The van der Waals surface area contributed by atoms with Gasteiger partial charge in [-0.05, 0) is 49.8 Å². The molecule has 2 fully saturated rings. The van der Waals surface area contributed by atoms with Crippen molar-refractivity contribution in [3.63, 3.8) is 0 Å². The molecule has 0 aromatic heterocycles. The first kappa shape index (κ1) is 14.0. The fraction of sp³-hybridized carbons (Fsp3) is 0.647. The van der Waals surface area contributed by atoms with Gasteiger partial charge in [-0.15, -0.1) is 0 Å². The van der Waals surface area contributed by atoms with E-state index in [4.69, 9.17) is 5.73 Å². The Bertz CT molecular complexity index is 454. The van der Waals surface area contributed by atoms with Crippen LogP contribution in [-0.2, 0) is 13.1 Å². The summed E-state index contributed by atoms with van der Waals surface area (Å²) in [5, 5.41) is 0. The number of benzene rings is 1. The van der Waals surface area contributed by atoms with Gasteiger partial charge in [0.25, 0.3) is 0 Å². The molecule has 0 bridgehead atoms. The highest BCUT2D eigenvalue weighted by atomic mass is 19.1. The lowest BCUT2D eigenvalue weighted by Gasteiger charge is -2.29. The molecule has 0 spiro atoms. The van der Waals surface area contributed by atoms with Crippen molar-refractivity contribution in [3.8, 4) is 0 Å². The Balaban J connectivity index is 1.69. The van der Waals surface area contributed by atoms with Crippen molar-refractivity contribution in [2.24, 2.45) is 11.7 Å². The number of likely N-dealkylation sites (tertiary alicyclic amines) is 1. The van der Waals surface area contributed by atoms with E-state index in [0.29, 0.717) is 12.6 Å². The third-order valence-corrected chi connectivity index (χ3v) is 5.08. The lowest BCUT2D eigenvalue weighted by atomic mass is 9.95. The summed E-state index contributed by atoms with van der Waals surface area (Å²) < 4.78 is 14.1. The van der Waals surface area contributed by atoms with Crippen molar-refractivity contribution in [1.29, 1.82) is 0 Å². The lowest BCUT2D eigenvalue weighted by Crippen LogP contribution is -2.34. The summed E-state index contributed by atoms with van der Waals surface area (Å²) in [6.07, 6.45) is 8.07. The fourth-order valence-electron chi connectivity index (χ4n) is 3.99. The van der Waals surface area contributed by atoms with Gasteiger partial charge in [-0.2, -0.15) is 0 Å². The number of nitrogens with zero attached hydrogens (tertiary/aromatic N) is 1. The molecule has 2 aliphatic rings. The molecule has 1 aliphatic carbocycles. The molecule has 0 amide bonds. The zero-order valence-corrected chi connectivity index (χ0v) is 12.2. The van der Waals surface area contributed by atoms with Crippen molar-refractivity contribution in [3.05, 3.63) is 35.1 Å². The van der Waals surface area contributed by atoms with Crippen LogP contribution in [-0.4, -0.2) is 17.5 Å². The van der Waals surface area contributed by atoms with Gasteiger partial charge in [0.15, 0.2) is 0 Å². The second-order valence-electron chi connectivity index (χ2n) is 6.35. The summed E-state index contributed by atoms with van der Waals surface area (Å²) in [7, 11) is 0. The number of hydrogen-bond acceptors (Lipinski definition) is 2. The molecule has 3 rings (SSSR count). The van der Waals surface area contributed by atoms with E-state index < -0.39 is 0 Å². The topological polar surface area (TPSA) is 29.3 Å². The van der Waals surface area contributed by atoms with Crippen LogP contribution in [0.2, 0.25) is 0 Å². The van der Waals surface area contributed by atoms with Crippen molar-refractivity contribution in [1.82, 2.24) is 4.90 Å². The Labute approximate surface area is 121 Å². The largest absolute Gasteiger partial charge is 0.326 e. The van der Waals surface area contributed by atoms with E-state index >= 15 is 0 Å². The summed E-state index contributed by atoms with van der Waals surface area (Å²) in [5.41, 5.74) is 7.26. The van der Waals surface area contributed by atoms with Gasteiger partial charge in [-0.25, -0.2) is 4.39 Å². The van der Waals surface area contributed by atoms with Crippen LogP contribution in [0.5, 0.6) is 0 Å². The van der Waals surface area contributed by atoms with Gasteiger partial charge in [0.1, 0.15) is 5.82 Å². The zero-order valence-electron chi connectivity index (χ0n) is 12.2. The molecule has 3 heteroatoms. The molecular weight excluding hydrogens is 251 g/mol. The molecule has 2 N–H and O–H groups in total. The van der Waals surface area contributed by atoms with Crippen LogP contribution in [0.4, 0.5) is 4.39 Å². The number of halogens is 1. The fourth-order valence-corrected chi connectivity index (χ4v) is 3.99. The Morgan fingerprint density at radius 1 is 1.15 bits per heavy atom. The van der Waals surface area contributed by atoms with E-state index in [1.54, 1.807) is 6.07 Å². The predicted octanol–water partition coefficient (Wildman–Crippen LogP) is 3.44. The Hall–Kier alpha value is -0.930. The average molecular weight is 276 g/mol.